The van der Waals surface area contributed by atoms with E-state index in [0.717, 1.165) is 45.3 Å². The molecule has 0 radical (unpaired) electrons. The second kappa shape index (κ2) is 6.51. The van der Waals surface area contributed by atoms with Crippen LogP contribution in [-0.4, -0.2) is 41.8 Å². The minimum absolute atomic E-state index is 0.506. The third-order valence-corrected chi connectivity index (χ3v) is 4.36. The van der Waals surface area contributed by atoms with Crippen molar-refractivity contribution in [3.05, 3.63) is 35.4 Å². The number of rotatable bonds is 5. The van der Waals surface area contributed by atoms with E-state index in [2.05, 4.69) is 36.1 Å². The van der Waals surface area contributed by atoms with Crippen LogP contribution in [0.25, 0.3) is 0 Å². The van der Waals surface area contributed by atoms with Crippen LogP contribution < -0.4 is 5.73 Å². The van der Waals surface area contributed by atoms with Crippen molar-refractivity contribution in [1.29, 1.82) is 0 Å². The molecule has 1 aromatic rings. The lowest BCUT2D eigenvalue weighted by molar-refractivity contribution is -0.0252. The molecule has 0 bridgehead atoms. The van der Waals surface area contributed by atoms with Crippen molar-refractivity contribution in [1.82, 2.24) is 4.90 Å². The molecular weight excluding hydrogens is 236 g/mol. The number of hydrogen-bond acceptors (Lipinski definition) is 3. The molecule has 0 unspecified atom stereocenters. The molecule has 1 heterocycles. The van der Waals surface area contributed by atoms with Crippen molar-refractivity contribution in [3.8, 4) is 0 Å². The van der Waals surface area contributed by atoms with E-state index in [9.17, 15) is 5.11 Å². The highest BCUT2D eigenvalue weighted by molar-refractivity contribution is 5.25. The quantitative estimate of drug-likeness (QED) is 0.849. The van der Waals surface area contributed by atoms with Gasteiger partial charge in [-0.1, -0.05) is 24.3 Å². The van der Waals surface area contributed by atoms with Gasteiger partial charge in [0.05, 0.1) is 5.60 Å². The van der Waals surface area contributed by atoms with Gasteiger partial charge in [0, 0.05) is 19.6 Å². The largest absolute Gasteiger partial charge is 0.390 e. The van der Waals surface area contributed by atoms with Gasteiger partial charge in [-0.3, -0.25) is 0 Å². The van der Waals surface area contributed by atoms with Crippen LogP contribution in [0.1, 0.15) is 30.4 Å². The van der Waals surface area contributed by atoms with Crippen LogP contribution in [0.3, 0.4) is 0 Å². The number of aliphatic hydroxyl groups is 1. The number of likely N-dealkylation sites (tertiary alicyclic amines) is 1. The molecule has 1 fully saturated rings. The van der Waals surface area contributed by atoms with Gasteiger partial charge in [-0.25, -0.2) is 0 Å². The molecule has 0 saturated carbocycles. The highest BCUT2D eigenvalue weighted by Gasteiger charge is 2.30. The van der Waals surface area contributed by atoms with E-state index >= 15 is 0 Å². The fourth-order valence-electron chi connectivity index (χ4n) is 2.88. The van der Waals surface area contributed by atoms with Gasteiger partial charge < -0.3 is 15.7 Å². The van der Waals surface area contributed by atoms with Crippen molar-refractivity contribution in [2.75, 3.05) is 26.2 Å². The first-order valence-corrected chi connectivity index (χ1v) is 7.32. The zero-order chi connectivity index (χ0) is 13.7. The highest BCUT2D eigenvalue weighted by Crippen LogP contribution is 2.25. The minimum atomic E-state index is -0.506. The number of hydrogen-bond donors (Lipinski definition) is 2. The van der Waals surface area contributed by atoms with Crippen LogP contribution in [0.2, 0.25) is 0 Å². The smallest absolute Gasteiger partial charge is 0.0684 e. The first-order valence-electron chi connectivity index (χ1n) is 7.32. The molecule has 0 atom stereocenters. The molecule has 0 amide bonds. The monoisotopic (exact) mass is 262 g/mol. The van der Waals surface area contributed by atoms with E-state index in [0.29, 0.717) is 6.54 Å². The van der Waals surface area contributed by atoms with E-state index in [4.69, 9.17) is 5.73 Å². The van der Waals surface area contributed by atoms with Gasteiger partial charge in [-0.15, -0.1) is 0 Å². The molecule has 3 nitrogen and oxygen atoms in total. The van der Waals surface area contributed by atoms with Crippen molar-refractivity contribution in [2.24, 2.45) is 5.73 Å². The maximum atomic E-state index is 10.3. The number of benzene rings is 1. The molecule has 106 valence electrons. The Bertz CT molecular complexity index is 397. The van der Waals surface area contributed by atoms with E-state index in [-0.39, 0.29) is 0 Å². The Labute approximate surface area is 116 Å². The second-order valence-corrected chi connectivity index (χ2v) is 5.78. The van der Waals surface area contributed by atoms with E-state index in [1.165, 1.54) is 11.1 Å². The van der Waals surface area contributed by atoms with Gasteiger partial charge >= 0.3 is 0 Å². The van der Waals surface area contributed by atoms with Crippen molar-refractivity contribution < 1.29 is 5.11 Å². The topological polar surface area (TPSA) is 49.5 Å². The van der Waals surface area contributed by atoms with Gasteiger partial charge in [0.2, 0.25) is 0 Å². The van der Waals surface area contributed by atoms with E-state index < -0.39 is 5.60 Å². The first kappa shape index (κ1) is 14.5. The summed E-state index contributed by atoms with van der Waals surface area (Å²) in [6.07, 6.45) is 3.55. The Morgan fingerprint density at radius 2 is 1.95 bits per heavy atom. The molecule has 19 heavy (non-hydrogen) atoms. The third kappa shape index (κ3) is 4.03. The fraction of sp³-hybridized carbons (Fsp3) is 0.625. The summed E-state index contributed by atoms with van der Waals surface area (Å²) in [6, 6.07) is 8.58. The lowest BCUT2D eigenvalue weighted by Gasteiger charge is -2.38. The minimum Gasteiger partial charge on any atom is -0.390 e. The average Bonchev–Trinajstić information content (AvgIpc) is 2.40. The Kier molecular flexibility index (Phi) is 4.97. The normalized spacial score (nSPS) is 19.5. The highest BCUT2D eigenvalue weighted by atomic mass is 16.3. The Morgan fingerprint density at radius 3 is 2.58 bits per heavy atom. The molecule has 0 aromatic heterocycles. The van der Waals surface area contributed by atoms with Gasteiger partial charge in [0.25, 0.3) is 0 Å². The second-order valence-electron chi connectivity index (χ2n) is 5.78. The third-order valence-electron chi connectivity index (χ3n) is 4.36. The summed E-state index contributed by atoms with van der Waals surface area (Å²) in [6.45, 7) is 5.82. The predicted molar refractivity (Wildman–Crippen MR) is 79.2 cm³/mol. The van der Waals surface area contributed by atoms with Crippen molar-refractivity contribution in [2.45, 2.75) is 38.2 Å². The molecule has 3 heteroatoms. The molecule has 1 saturated heterocycles. The zero-order valence-electron chi connectivity index (χ0n) is 11.9. The molecule has 2 rings (SSSR count). The van der Waals surface area contributed by atoms with Crippen LogP contribution in [-0.2, 0) is 6.42 Å². The van der Waals surface area contributed by atoms with Crippen LogP contribution in [0.5, 0.6) is 0 Å². The molecule has 0 aliphatic carbocycles. The maximum absolute atomic E-state index is 10.3. The van der Waals surface area contributed by atoms with Crippen LogP contribution in [0.4, 0.5) is 0 Å². The van der Waals surface area contributed by atoms with Gasteiger partial charge in [0.15, 0.2) is 0 Å². The summed E-state index contributed by atoms with van der Waals surface area (Å²) >= 11 is 0. The summed E-state index contributed by atoms with van der Waals surface area (Å²) in [4.78, 5) is 2.46. The lowest BCUT2D eigenvalue weighted by Crippen LogP contribution is -2.45. The fourth-order valence-corrected chi connectivity index (χ4v) is 2.88. The number of aryl methyl sites for hydroxylation is 1. The number of nitrogens with zero attached hydrogens (tertiary/aromatic N) is 1. The molecule has 1 aromatic carbocycles. The molecule has 1 aliphatic rings. The number of nitrogens with two attached hydrogens (primary N) is 1. The van der Waals surface area contributed by atoms with Crippen LogP contribution >= 0.6 is 0 Å². The summed E-state index contributed by atoms with van der Waals surface area (Å²) in [5.74, 6) is 0. The molecule has 3 N–H and O–H groups in total. The predicted octanol–water partition coefficient (Wildman–Crippen LogP) is 1.71. The average molecular weight is 262 g/mol. The summed E-state index contributed by atoms with van der Waals surface area (Å²) < 4.78 is 0. The summed E-state index contributed by atoms with van der Waals surface area (Å²) in [7, 11) is 0. The van der Waals surface area contributed by atoms with Crippen LogP contribution in [0.15, 0.2) is 24.3 Å². The van der Waals surface area contributed by atoms with E-state index in [1.807, 2.05) is 0 Å². The number of piperidine rings is 1. The molecule has 0 spiro atoms. The maximum Gasteiger partial charge on any atom is 0.0684 e. The van der Waals surface area contributed by atoms with Gasteiger partial charge in [-0.05, 0) is 50.3 Å². The summed E-state index contributed by atoms with van der Waals surface area (Å²) in [5, 5.41) is 10.3. The molecule has 1 aliphatic heterocycles. The Balaban J connectivity index is 1.79. The molecular formula is C16H26N2O. The summed E-state index contributed by atoms with van der Waals surface area (Å²) in [5.41, 5.74) is 7.86. The van der Waals surface area contributed by atoms with E-state index in [1.54, 1.807) is 0 Å². The Morgan fingerprint density at radius 1 is 1.26 bits per heavy atom. The van der Waals surface area contributed by atoms with Gasteiger partial charge in [0.1, 0.15) is 0 Å². The first-order chi connectivity index (χ1) is 9.13. The zero-order valence-corrected chi connectivity index (χ0v) is 11.9. The van der Waals surface area contributed by atoms with Crippen molar-refractivity contribution >= 4 is 0 Å². The van der Waals surface area contributed by atoms with Gasteiger partial charge in [-0.2, -0.15) is 0 Å². The Hall–Kier alpha value is -0.900. The standard InChI is InChI=1S/C16H26N2O/c1-14-4-2-3-5-15(14)6-11-18-12-8-16(19,7-10-17)9-13-18/h2-5,19H,6-13,17H2,1H3. The van der Waals surface area contributed by atoms with Crippen LogP contribution in [0, 0.1) is 6.92 Å². The SMILES string of the molecule is Cc1ccccc1CCN1CCC(O)(CCN)CC1. The van der Waals surface area contributed by atoms with Crippen molar-refractivity contribution in [3.63, 3.8) is 0 Å². The lowest BCUT2D eigenvalue weighted by atomic mass is 9.88.